The fourth-order valence-corrected chi connectivity index (χ4v) is 1.71. The maximum Gasteiger partial charge on any atom is 0.412 e. The molecule has 0 unspecified atom stereocenters. The molecule has 1 aromatic carbocycles. The number of nitrogens with one attached hydrogen (secondary N) is 1. The van der Waals surface area contributed by atoms with Crippen molar-refractivity contribution in [2.75, 3.05) is 25.1 Å². The molecule has 0 aliphatic rings. The van der Waals surface area contributed by atoms with Gasteiger partial charge in [-0.05, 0) is 19.9 Å². The molecule has 1 amide bonds. The average Bonchev–Trinajstić information content (AvgIpc) is 2.40. The number of terminal acetylenes is 1. The monoisotopic (exact) mass is 297 g/mol. The van der Waals surface area contributed by atoms with Crippen LogP contribution >= 0.6 is 11.6 Å². The SMILES string of the molecule is C#CCOC(=O)Nc1cc(Cl)c(OCC)c(OCC)c1. The second-order valence-corrected chi connectivity index (χ2v) is 3.96. The van der Waals surface area contributed by atoms with E-state index < -0.39 is 6.09 Å². The quantitative estimate of drug-likeness (QED) is 0.818. The second-order valence-electron chi connectivity index (χ2n) is 3.56. The number of carbonyl (C=O) groups is 1. The number of ether oxygens (including phenoxy) is 3. The second kappa shape index (κ2) is 8.18. The van der Waals surface area contributed by atoms with E-state index in [1.807, 2.05) is 13.8 Å². The molecule has 0 atom stereocenters. The van der Waals surface area contributed by atoms with Crippen molar-refractivity contribution in [3.05, 3.63) is 17.2 Å². The highest BCUT2D eigenvalue weighted by molar-refractivity contribution is 6.32. The number of carbonyl (C=O) groups excluding carboxylic acids is 1. The zero-order chi connectivity index (χ0) is 15.0. The van der Waals surface area contributed by atoms with Crippen molar-refractivity contribution >= 4 is 23.4 Å². The summed E-state index contributed by atoms with van der Waals surface area (Å²) in [4.78, 5) is 11.4. The van der Waals surface area contributed by atoms with E-state index >= 15 is 0 Å². The molecule has 0 aliphatic carbocycles. The van der Waals surface area contributed by atoms with E-state index in [0.29, 0.717) is 35.4 Å². The first-order chi connectivity index (χ1) is 9.62. The molecular formula is C14H16ClNO4. The molecular weight excluding hydrogens is 282 g/mol. The van der Waals surface area contributed by atoms with Gasteiger partial charge in [0.1, 0.15) is 0 Å². The Morgan fingerprint density at radius 1 is 1.35 bits per heavy atom. The number of anilines is 1. The van der Waals surface area contributed by atoms with Crippen LogP contribution in [0.15, 0.2) is 12.1 Å². The Labute approximate surface area is 123 Å². The fraction of sp³-hybridized carbons (Fsp3) is 0.357. The van der Waals surface area contributed by atoms with E-state index in [2.05, 4.69) is 11.2 Å². The zero-order valence-corrected chi connectivity index (χ0v) is 12.1. The molecule has 0 radical (unpaired) electrons. The highest BCUT2D eigenvalue weighted by Crippen LogP contribution is 2.38. The van der Waals surface area contributed by atoms with Gasteiger partial charge in [-0.2, -0.15) is 0 Å². The Balaban J connectivity index is 2.93. The van der Waals surface area contributed by atoms with Gasteiger partial charge in [-0.1, -0.05) is 17.5 Å². The maximum absolute atomic E-state index is 11.4. The highest BCUT2D eigenvalue weighted by Gasteiger charge is 2.13. The third-order valence-electron chi connectivity index (χ3n) is 2.13. The smallest absolute Gasteiger partial charge is 0.412 e. The van der Waals surface area contributed by atoms with Crippen LogP contribution in [0, 0.1) is 12.3 Å². The Kier molecular flexibility index (Phi) is 6.54. The van der Waals surface area contributed by atoms with Crippen LogP contribution in [0.5, 0.6) is 11.5 Å². The summed E-state index contributed by atoms with van der Waals surface area (Å²) < 4.78 is 15.6. The van der Waals surface area contributed by atoms with Gasteiger partial charge in [0.2, 0.25) is 0 Å². The van der Waals surface area contributed by atoms with Crippen molar-refractivity contribution < 1.29 is 19.0 Å². The zero-order valence-electron chi connectivity index (χ0n) is 11.4. The summed E-state index contributed by atoms with van der Waals surface area (Å²) in [6, 6.07) is 3.16. The van der Waals surface area contributed by atoms with Gasteiger partial charge in [-0.25, -0.2) is 4.79 Å². The van der Waals surface area contributed by atoms with Crippen LogP contribution in [0.25, 0.3) is 0 Å². The molecule has 5 nitrogen and oxygen atoms in total. The van der Waals surface area contributed by atoms with Gasteiger partial charge in [0, 0.05) is 11.8 Å². The molecule has 1 rings (SSSR count). The van der Waals surface area contributed by atoms with Gasteiger partial charge >= 0.3 is 6.09 Å². The fourth-order valence-electron chi connectivity index (χ4n) is 1.45. The molecule has 0 saturated heterocycles. The minimum Gasteiger partial charge on any atom is -0.490 e. The molecule has 0 aromatic heterocycles. The summed E-state index contributed by atoms with van der Waals surface area (Å²) in [6.07, 6.45) is 4.34. The lowest BCUT2D eigenvalue weighted by molar-refractivity contribution is 0.176. The van der Waals surface area contributed by atoms with Crippen LogP contribution in [0.3, 0.4) is 0 Å². The number of benzene rings is 1. The first-order valence-corrected chi connectivity index (χ1v) is 6.46. The Morgan fingerprint density at radius 2 is 2.05 bits per heavy atom. The average molecular weight is 298 g/mol. The van der Waals surface area contributed by atoms with Crippen LogP contribution in [0.4, 0.5) is 10.5 Å². The maximum atomic E-state index is 11.4. The summed E-state index contributed by atoms with van der Waals surface area (Å²) >= 11 is 6.11. The lowest BCUT2D eigenvalue weighted by Crippen LogP contribution is -2.14. The number of amides is 1. The van der Waals surface area contributed by atoms with Crippen LogP contribution < -0.4 is 14.8 Å². The normalized spacial score (nSPS) is 9.50. The van der Waals surface area contributed by atoms with Crippen molar-refractivity contribution in [1.29, 1.82) is 0 Å². The standard InChI is InChI=1S/C14H16ClNO4/c1-4-7-20-14(17)16-10-8-11(15)13(19-6-3)12(9-10)18-5-2/h1,8-9H,5-7H2,2-3H3,(H,16,17). The van der Waals surface area contributed by atoms with Crippen LogP contribution in [0.1, 0.15) is 13.8 Å². The molecule has 0 saturated carbocycles. The van der Waals surface area contributed by atoms with Gasteiger partial charge in [0.05, 0.1) is 18.2 Å². The summed E-state index contributed by atoms with van der Waals surface area (Å²) in [5.74, 6) is 3.10. The molecule has 0 heterocycles. The first kappa shape index (κ1) is 16.0. The van der Waals surface area contributed by atoms with Gasteiger partial charge in [0.25, 0.3) is 0 Å². The molecule has 0 fully saturated rings. The predicted octanol–water partition coefficient (Wildman–Crippen LogP) is 3.32. The minimum absolute atomic E-state index is 0.102. The lowest BCUT2D eigenvalue weighted by Gasteiger charge is -2.14. The Morgan fingerprint density at radius 3 is 2.65 bits per heavy atom. The molecule has 6 heteroatoms. The van der Waals surface area contributed by atoms with Crippen molar-refractivity contribution in [2.24, 2.45) is 0 Å². The van der Waals surface area contributed by atoms with Gasteiger partial charge < -0.3 is 14.2 Å². The van der Waals surface area contributed by atoms with Gasteiger partial charge in [0.15, 0.2) is 18.1 Å². The lowest BCUT2D eigenvalue weighted by atomic mass is 10.2. The molecule has 0 bridgehead atoms. The molecule has 0 aliphatic heterocycles. The minimum atomic E-state index is -0.661. The van der Waals surface area contributed by atoms with E-state index in [0.717, 1.165) is 0 Å². The number of hydrogen-bond donors (Lipinski definition) is 1. The summed E-state index contributed by atoms with van der Waals surface area (Å²) in [5.41, 5.74) is 0.434. The topological polar surface area (TPSA) is 56.8 Å². The van der Waals surface area contributed by atoms with Crippen molar-refractivity contribution in [2.45, 2.75) is 13.8 Å². The first-order valence-electron chi connectivity index (χ1n) is 6.08. The van der Waals surface area contributed by atoms with Gasteiger partial charge in [-0.15, -0.1) is 6.42 Å². The van der Waals surface area contributed by atoms with E-state index in [9.17, 15) is 4.79 Å². The van der Waals surface area contributed by atoms with E-state index in [1.54, 1.807) is 12.1 Å². The van der Waals surface area contributed by atoms with Crippen LogP contribution in [-0.4, -0.2) is 25.9 Å². The molecule has 108 valence electrons. The third kappa shape index (κ3) is 4.56. The number of rotatable bonds is 6. The van der Waals surface area contributed by atoms with E-state index in [-0.39, 0.29) is 6.61 Å². The van der Waals surface area contributed by atoms with Crippen LogP contribution in [-0.2, 0) is 4.74 Å². The summed E-state index contributed by atoms with van der Waals surface area (Å²) in [7, 11) is 0. The Bertz CT molecular complexity index is 511. The van der Waals surface area contributed by atoms with Crippen LogP contribution in [0.2, 0.25) is 5.02 Å². The highest BCUT2D eigenvalue weighted by atomic mass is 35.5. The predicted molar refractivity (Wildman–Crippen MR) is 77.6 cm³/mol. The largest absolute Gasteiger partial charge is 0.490 e. The third-order valence-corrected chi connectivity index (χ3v) is 2.41. The number of halogens is 1. The van der Waals surface area contributed by atoms with E-state index in [1.165, 1.54) is 0 Å². The summed E-state index contributed by atoms with van der Waals surface area (Å²) in [6.45, 7) is 4.48. The van der Waals surface area contributed by atoms with Gasteiger partial charge in [-0.3, -0.25) is 5.32 Å². The number of hydrogen-bond acceptors (Lipinski definition) is 4. The molecule has 0 spiro atoms. The molecule has 1 N–H and O–H groups in total. The summed E-state index contributed by atoms with van der Waals surface area (Å²) in [5, 5.41) is 2.85. The Hall–Kier alpha value is -2.06. The van der Waals surface area contributed by atoms with Crippen molar-refractivity contribution in [1.82, 2.24) is 0 Å². The van der Waals surface area contributed by atoms with E-state index in [4.69, 9.17) is 32.2 Å². The van der Waals surface area contributed by atoms with Crippen molar-refractivity contribution in [3.8, 4) is 23.8 Å². The molecule has 1 aromatic rings. The molecule has 20 heavy (non-hydrogen) atoms. The van der Waals surface area contributed by atoms with Crippen molar-refractivity contribution in [3.63, 3.8) is 0 Å².